The first-order chi connectivity index (χ1) is 19.3. The minimum absolute atomic E-state index is 0.0736. The van der Waals surface area contributed by atoms with Crippen LogP contribution < -0.4 is 15.0 Å². The van der Waals surface area contributed by atoms with E-state index in [2.05, 4.69) is 32.3 Å². The fraction of sp³-hybridized carbons (Fsp3) is 0.357. The molecule has 3 aliphatic heterocycles. The van der Waals surface area contributed by atoms with Gasteiger partial charge in [-0.15, -0.1) is 5.10 Å². The number of aliphatic hydroxyl groups is 2. The fourth-order valence-electron chi connectivity index (χ4n) is 4.96. The normalized spacial score (nSPS) is 27.2. The Kier molecular flexibility index (Phi) is 6.73. The molecule has 0 unspecified atom stereocenters. The number of hydrogen-bond acceptors (Lipinski definition) is 9. The van der Waals surface area contributed by atoms with Gasteiger partial charge < -0.3 is 34.6 Å². The van der Waals surface area contributed by atoms with Gasteiger partial charge in [0.05, 0.1) is 18.9 Å². The second-order valence-electron chi connectivity index (χ2n) is 9.96. The Hall–Kier alpha value is -4.28. The Morgan fingerprint density at radius 1 is 1.23 bits per heavy atom. The number of benzene rings is 2. The summed E-state index contributed by atoms with van der Waals surface area (Å²) in [6.07, 6.45) is -1.69. The summed E-state index contributed by atoms with van der Waals surface area (Å²) >= 11 is 0. The molecular weight excluding hydrogens is 518 g/mol. The number of nitrogens with zero attached hydrogens (tertiary/aromatic N) is 3. The maximum absolute atomic E-state index is 13.3. The van der Waals surface area contributed by atoms with Crippen molar-refractivity contribution < 1.29 is 34.0 Å². The van der Waals surface area contributed by atoms with E-state index < -0.39 is 41.8 Å². The van der Waals surface area contributed by atoms with Gasteiger partial charge in [-0.1, -0.05) is 42.2 Å². The first-order valence-electron chi connectivity index (χ1n) is 12.8. The van der Waals surface area contributed by atoms with Gasteiger partial charge in [-0.05, 0) is 23.8 Å². The summed E-state index contributed by atoms with van der Waals surface area (Å²) in [5.41, 5.74) is 0.425. The first-order valence-corrected chi connectivity index (χ1v) is 12.8. The molecule has 2 aromatic carbocycles. The number of likely N-dealkylation sites (N-methyl/N-ethyl adjacent to an activating group) is 1. The van der Waals surface area contributed by atoms with Crippen LogP contribution in [0, 0.1) is 11.8 Å². The van der Waals surface area contributed by atoms with Crippen LogP contribution in [0.2, 0.25) is 0 Å². The number of aromatic amines is 1. The lowest BCUT2D eigenvalue weighted by Gasteiger charge is -2.20. The molecule has 0 saturated carbocycles. The minimum atomic E-state index is -1.57. The van der Waals surface area contributed by atoms with Crippen molar-refractivity contribution in [2.24, 2.45) is 0 Å². The standard InChI is InChI=1S/C28H27N5O7/c1-33-19-11-17(9-10-28(37)15-40-23-20(34)14-39-24(23)28)7-8-21(19)38-13-18(27(33)36)29-26(35)25-30-22(31-32-25)12-16-5-3-2-4-6-16/h2-8,11,18,20,23-24,34,37H,12-15H2,1H3,(H,29,35)(H,30,31,32)/t18-,20-,23+,24-,28+/m0/s1. The molecular formula is C28H27N5O7. The topological polar surface area (TPSA) is 159 Å². The van der Waals surface area contributed by atoms with Crippen LogP contribution >= 0.6 is 0 Å². The van der Waals surface area contributed by atoms with Crippen LogP contribution in [0.15, 0.2) is 48.5 Å². The maximum Gasteiger partial charge on any atom is 0.291 e. The molecule has 0 radical (unpaired) electrons. The third-order valence-electron chi connectivity index (χ3n) is 7.12. The van der Waals surface area contributed by atoms with Gasteiger partial charge in [0, 0.05) is 19.0 Å². The Labute approximate surface area is 229 Å². The lowest BCUT2D eigenvalue weighted by Crippen LogP contribution is -2.49. The van der Waals surface area contributed by atoms with E-state index in [0.717, 1.165) is 5.56 Å². The molecule has 0 aliphatic carbocycles. The zero-order valence-corrected chi connectivity index (χ0v) is 21.5. The van der Waals surface area contributed by atoms with Crippen LogP contribution in [0.3, 0.4) is 0 Å². The van der Waals surface area contributed by atoms with Gasteiger partial charge in [0.15, 0.2) is 5.60 Å². The average Bonchev–Trinajstić information content (AvgIpc) is 3.66. The molecule has 6 rings (SSSR count). The molecule has 12 heteroatoms. The maximum atomic E-state index is 13.3. The van der Waals surface area contributed by atoms with Gasteiger partial charge in [-0.25, -0.2) is 4.98 Å². The van der Waals surface area contributed by atoms with Crippen molar-refractivity contribution >= 4 is 17.5 Å². The highest BCUT2D eigenvalue weighted by atomic mass is 16.6. The number of carbonyl (C=O) groups is 2. The van der Waals surface area contributed by atoms with Crippen LogP contribution in [-0.4, -0.2) is 94.0 Å². The zero-order chi connectivity index (χ0) is 27.9. The van der Waals surface area contributed by atoms with Crippen molar-refractivity contribution in [3.8, 4) is 17.6 Å². The lowest BCUT2D eigenvalue weighted by atomic mass is 9.96. The molecule has 40 heavy (non-hydrogen) atoms. The van der Waals surface area contributed by atoms with Crippen LogP contribution in [0.1, 0.15) is 27.6 Å². The Bertz CT molecular complexity index is 1500. The molecule has 3 aliphatic rings. The lowest BCUT2D eigenvalue weighted by molar-refractivity contribution is -0.120. The van der Waals surface area contributed by atoms with Gasteiger partial charge in [0.25, 0.3) is 11.8 Å². The number of carbonyl (C=O) groups excluding carboxylic acids is 2. The van der Waals surface area contributed by atoms with E-state index in [1.54, 1.807) is 25.2 Å². The highest BCUT2D eigenvalue weighted by Crippen LogP contribution is 2.35. The van der Waals surface area contributed by atoms with Crippen LogP contribution in [0.5, 0.6) is 5.75 Å². The number of aromatic nitrogens is 3. The molecule has 0 bridgehead atoms. The van der Waals surface area contributed by atoms with Crippen molar-refractivity contribution in [3.63, 3.8) is 0 Å². The number of anilines is 1. The molecule has 4 N–H and O–H groups in total. The molecule has 2 amide bonds. The summed E-state index contributed by atoms with van der Waals surface area (Å²) in [5, 5.41) is 30.3. The summed E-state index contributed by atoms with van der Waals surface area (Å²) < 4.78 is 16.8. The van der Waals surface area contributed by atoms with Gasteiger partial charge in [-0.2, -0.15) is 0 Å². The predicted molar refractivity (Wildman–Crippen MR) is 140 cm³/mol. The first kappa shape index (κ1) is 26.0. The molecule has 2 saturated heterocycles. The van der Waals surface area contributed by atoms with Gasteiger partial charge in [-0.3, -0.25) is 14.7 Å². The SMILES string of the molecule is CN1C(=O)[C@@H](NC(=O)c2n[nH]c(Cc3ccccc3)n2)COc2ccc(C#C[C@@]3(O)CO[C@@H]4[C@@H](O)CO[C@@H]43)cc21. The van der Waals surface area contributed by atoms with E-state index in [-0.39, 0.29) is 25.6 Å². The highest BCUT2D eigenvalue weighted by Gasteiger charge is 2.55. The van der Waals surface area contributed by atoms with E-state index in [1.165, 1.54) is 4.90 Å². The molecule has 1 aromatic heterocycles. The molecule has 3 aromatic rings. The molecule has 0 spiro atoms. The molecule has 206 valence electrons. The van der Waals surface area contributed by atoms with Gasteiger partial charge >= 0.3 is 0 Å². The van der Waals surface area contributed by atoms with Crippen molar-refractivity contribution in [1.29, 1.82) is 0 Å². The minimum Gasteiger partial charge on any atom is -0.489 e. The number of ether oxygens (including phenoxy) is 3. The number of H-pyrrole nitrogens is 1. The van der Waals surface area contributed by atoms with Crippen molar-refractivity contribution in [2.75, 3.05) is 31.8 Å². The Balaban J connectivity index is 1.14. The second-order valence-corrected chi connectivity index (χ2v) is 9.96. The largest absolute Gasteiger partial charge is 0.489 e. The van der Waals surface area contributed by atoms with E-state index in [9.17, 15) is 19.8 Å². The summed E-state index contributed by atoms with van der Waals surface area (Å²) in [6, 6.07) is 13.7. The number of nitrogens with one attached hydrogen (secondary N) is 2. The fourth-order valence-corrected chi connectivity index (χ4v) is 4.96. The Morgan fingerprint density at radius 2 is 2.05 bits per heavy atom. The van der Waals surface area contributed by atoms with Crippen molar-refractivity contribution in [1.82, 2.24) is 20.5 Å². The van der Waals surface area contributed by atoms with Gasteiger partial charge in [0.1, 0.15) is 42.5 Å². The number of fused-ring (bicyclic) bond motifs is 2. The van der Waals surface area contributed by atoms with E-state index in [0.29, 0.717) is 29.2 Å². The summed E-state index contributed by atoms with van der Waals surface area (Å²) in [7, 11) is 1.58. The number of amides is 2. The van der Waals surface area contributed by atoms with Crippen molar-refractivity contribution in [2.45, 2.75) is 36.4 Å². The highest BCUT2D eigenvalue weighted by molar-refractivity contribution is 6.02. The molecule has 12 nitrogen and oxygen atoms in total. The second kappa shape index (κ2) is 10.4. The molecule has 5 atom stereocenters. The quantitative estimate of drug-likeness (QED) is 0.326. The van der Waals surface area contributed by atoms with Gasteiger partial charge in [0.2, 0.25) is 5.82 Å². The smallest absolute Gasteiger partial charge is 0.291 e. The summed E-state index contributed by atoms with van der Waals surface area (Å²) in [5.74, 6) is 5.62. The van der Waals surface area contributed by atoms with Crippen LogP contribution in [0.25, 0.3) is 0 Å². The zero-order valence-electron chi connectivity index (χ0n) is 21.5. The third-order valence-corrected chi connectivity index (χ3v) is 7.12. The predicted octanol–water partition coefficient (Wildman–Crippen LogP) is -0.210. The Morgan fingerprint density at radius 3 is 2.88 bits per heavy atom. The number of aliphatic hydroxyl groups excluding tert-OH is 1. The summed E-state index contributed by atoms with van der Waals surface area (Å²) in [4.78, 5) is 31.8. The third kappa shape index (κ3) is 4.91. The number of rotatable bonds is 4. The molecule has 2 fully saturated rings. The number of hydrogen-bond donors (Lipinski definition) is 4. The monoisotopic (exact) mass is 545 g/mol. The van der Waals surface area contributed by atoms with Crippen LogP contribution in [0.4, 0.5) is 5.69 Å². The molecule has 4 heterocycles. The van der Waals surface area contributed by atoms with E-state index >= 15 is 0 Å². The van der Waals surface area contributed by atoms with E-state index in [4.69, 9.17) is 14.2 Å². The van der Waals surface area contributed by atoms with Crippen LogP contribution in [-0.2, 0) is 20.7 Å². The van der Waals surface area contributed by atoms with E-state index in [1.807, 2.05) is 30.3 Å². The average molecular weight is 546 g/mol. The summed E-state index contributed by atoms with van der Waals surface area (Å²) in [6.45, 7) is -0.0992. The van der Waals surface area contributed by atoms with Crippen molar-refractivity contribution in [3.05, 3.63) is 71.3 Å².